The predicted molar refractivity (Wildman–Crippen MR) is 377 cm³/mol. The molecule has 0 aliphatic heterocycles. The Labute approximate surface area is 568 Å². The molecule has 0 fully saturated rings. The molecule has 19 heteroatoms. The van der Waals surface area contributed by atoms with Crippen molar-refractivity contribution in [3.05, 3.63) is 0 Å². The fourth-order valence-corrected chi connectivity index (χ4v) is 12.9. The quantitative estimate of drug-likeness (QED) is 0.0222. The SMILES string of the molecule is CCCCCCCCCCCCCCCCCCCCC(=O)O[C@H](COC(=O)CCCCCCCCCCCC(C)C)COP(=O)(O)OC[C@@H](O)COP(=O)(O)OC[C@@H](COC(=O)CCCCCCCCCCC(C)C)OC(=O)CCCCCCCCCCCCCC. The number of rotatable bonds is 73. The van der Waals surface area contributed by atoms with E-state index >= 15 is 0 Å². The lowest BCUT2D eigenvalue weighted by Crippen LogP contribution is -2.30. The number of hydrogen-bond acceptors (Lipinski definition) is 15. The third-order valence-electron chi connectivity index (χ3n) is 17.2. The first-order valence-electron chi connectivity index (χ1n) is 38.5. The number of phosphoric ester groups is 2. The zero-order valence-electron chi connectivity index (χ0n) is 60.6. The number of ether oxygens (including phenoxy) is 4. The highest BCUT2D eigenvalue weighted by atomic mass is 31.2. The summed E-state index contributed by atoms with van der Waals surface area (Å²) in [7, 11) is -9.91. The maximum atomic E-state index is 13.1. The second-order valence-electron chi connectivity index (χ2n) is 27.6. The molecule has 0 bridgehead atoms. The van der Waals surface area contributed by atoms with E-state index in [4.69, 9.17) is 37.0 Å². The van der Waals surface area contributed by atoms with Gasteiger partial charge < -0.3 is 33.8 Å². The van der Waals surface area contributed by atoms with Crippen LogP contribution in [0.15, 0.2) is 0 Å². The predicted octanol–water partition coefficient (Wildman–Crippen LogP) is 21.6. The number of hydrogen-bond donors (Lipinski definition) is 3. The average molecular weight is 1370 g/mol. The van der Waals surface area contributed by atoms with Crippen molar-refractivity contribution >= 4 is 39.5 Å². The topological polar surface area (TPSA) is 237 Å². The van der Waals surface area contributed by atoms with E-state index < -0.39 is 97.5 Å². The second-order valence-corrected chi connectivity index (χ2v) is 30.5. The van der Waals surface area contributed by atoms with E-state index in [1.165, 1.54) is 199 Å². The van der Waals surface area contributed by atoms with Crippen molar-refractivity contribution < 1.29 is 80.2 Å². The number of aliphatic hydroxyl groups excluding tert-OH is 1. The van der Waals surface area contributed by atoms with Gasteiger partial charge in [0.25, 0.3) is 0 Å². The molecule has 93 heavy (non-hydrogen) atoms. The molecule has 552 valence electrons. The highest BCUT2D eigenvalue weighted by Crippen LogP contribution is 2.45. The molecule has 0 aliphatic carbocycles. The van der Waals surface area contributed by atoms with Gasteiger partial charge in [0.2, 0.25) is 0 Å². The highest BCUT2D eigenvalue weighted by Gasteiger charge is 2.30. The van der Waals surface area contributed by atoms with Crippen molar-refractivity contribution in [2.45, 2.75) is 400 Å². The molecule has 3 N–H and O–H groups in total. The lowest BCUT2D eigenvalue weighted by molar-refractivity contribution is -0.161. The summed E-state index contributed by atoms with van der Waals surface area (Å²) in [5.74, 6) is -0.648. The Balaban J connectivity index is 5.23. The number of esters is 4. The molecule has 0 spiro atoms. The molecule has 0 radical (unpaired) electrons. The first-order chi connectivity index (χ1) is 44.9. The van der Waals surface area contributed by atoms with Crippen LogP contribution in [0.1, 0.15) is 382 Å². The summed E-state index contributed by atoms with van der Waals surface area (Å²) in [6, 6.07) is 0. The van der Waals surface area contributed by atoms with E-state index in [-0.39, 0.29) is 25.7 Å². The summed E-state index contributed by atoms with van der Waals surface area (Å²) in [4.78, 5) is 72.7. The van der Waals surface area contributed by atoms with Crippen molar-refractivity contribution in [2.24, 2.45) is 11.8 Å². The van der Waals surface area contributed by atoms with Crippen LogP contribution in [0.5, 0.6) is 0 Å². The van der Waals surface area contributed by atoms with Crippen molar-refractivity contribution in [3.8, 4) is 0 Å². The molecule has 0 rings (SSSR count). The molecule has 0 saturated heterocycles. The lowest BCUT2D eigenvalue weighted by Gasteiger charge is -2.21. The van der Waals surface area contributed by atoms with Crippen LogP contribution in [0.2, 0.25) is 0 Å². The van der Waals surface area contributed by atoms with Gasteiger partial charge in [0, 0.05) is 25.7 Å². The van der Waals surface area contributed by atoms with E-state index in [0.29, 0.717) is 25.7 Å². The van der Waals surface area contributed by atoms with E-state index in [2.05, 4.69) is 41.5 Å². The van der Waals surface area contributed by atoms with Crippen molar-refractivity contribution in [2.75, 3.05) is 39.6 Å². The summed E-state index contributed by atoms with van der Waals surface area (Å²) >= 11 is 0. The van der Waals surface area contributed by atoms with Crippen LogP contribution >= 0.6 is 15.6 Å². The minimum Gasteiger partial charge on any atom is -0.462 e. The standard InChI is InChI=1S/C74H144O17P2/c1-7-9-11-13-15-17-19-21-22-23-24-25-26-28-32-41-47-53-59-74(79)90-69(62-84-71(76)56-50-44-38-33-29-30-36-42-48-54-66(3)4)64-88-92(80,81)86-60-68(75)61-87-93(82,83)89-65-70(63-85-72(77)57-51-45-39-35-34-37-43-49-55-67(5)6)91-73(78)58-52-46-40-31-27-20-18-16-14-12-10-8-2/h66-70,75H,7-65H2,1-6H3,(H,80,81)(H,82,83)/t68-,69-,70-/m1/s1. The van der Waals surface area contributed by atoms with E-state index in [1.54, 1.807) is 0 Å². The average Bonchev–Trinajstić information content (AvgIpc) is 2.28. The third kappa shape index (κ3) is 68.4. The van der Waals surface area contributed by atoms with E-state index in [9.17, 15) is 43.2 Å². The molecule has 17 nitrogen and oxygen atoms in total. The summed E-state index contributed by atoms with van der Waals surface area (Å²) < 4.78 is 68.4. The van der Waals surface area contributed by atoms with Gasteiger partial charge in [-0.1, -0.05) is 330 Å². The van der Waals surface area contributed by atoms with Gasteiger partial charge in [-0.05, 0) is 37.5 Å². The minimum atomic E-state index is -4.95. The van der Waals surface area contributed by atoms with Gasteiger partial charge in [0.1, 0.15) is 19.3 Å². The Morgan fingerprint density at radius 3 is 0.731 bits per heavy atom. The number of carbonyl (C=O) groups is 4. The van der Waals surface area contributed by atoms with Gasteiger partial charge in [-0.2, -0.15) is 0 Å². The van der Waals surface area contributed by atoms with Crippen molar-refractivity contribution in [1.29, 1.82) is 0 Å². The Bertz CT molecular complexity index is 1800. The lowest BCUT2D eigenvalue weighted by atomic mass is 10.0. The smallest absolute Gasteiger partial charge is 0.462 e. The van der Waals surface area contributed by atoms with E-state index in [0.717, 1.165) is 102 Å². The minimum absolute atomic E-state index is 0.107. The van der Waals surface area contributed by atoms with Crippen LogP contribution in [0.25, 0.3) is 0 Å². The maximum Gasteiger partial charge on any atom is 0.472 e. The Kier molecular flexibility index (Phi) is 64.6. The molecule has 0 saturated carbocycles. The first-order valence-corrected chi connectivity index (χ1v) is 41.5. The molecule has 0 heterocycles. The van der Waals surface area contributed by atoms with Crippen LogP contribution in [0.4, 0.5) is 0 Å². The monoisotopic (exact) mass is 1370 g/mol. The summed E-state index contributed by atoms with van der Waals surface area (Å²) in [6.07, 6.45) is 52.7. The van der Waals surface area contributed by atoms with Crippen LogP contribution in [-0.2, 0) is 65.4 Å². The van der Waals surface area contributed by atoms with Crippen LogP contribution in [0.3, 0.4) is 0 Å². The molecule has 0 aliphatic rings. The number of phosphoric acid groups is 2. The number of aliphatic hydroxyl groups is 1. The molecule has 0 aromatic rings. The van der Waals surface area contributed by atoms with Gasteiger partial charge in [0.05, 0.1) is 26.4 Å². The van der Waals surface area contributed by atoms with Crippen LogP contribution in [-0.4, -0.2) is 96.7 Å². The summed E-state index contributed by atoms with van der Waals surface area (Å²) in [6.45, 7) is 9.53. The summed E-state index contributed by atoms with van der Waals surface area (Å²) in [5, 5.41) is 10.6. The van der Waals surface area contributed by atoms with Gasteiger partial charge >= 0.3 is 39.5 Å². The maximum absolute atomic E-state index is 13.1. The normalized spacial score (nSPS) is 14.1. The van der Waals surface area contributed by atoms with Gasteiger partial charge in [-0.15, -0.1) is 0 Å². The molecule has 5 atom stereocenters. The number of unbranched alkanes of at least 4 members (excludes halogenated alkanes) is 43. The van der Waals surface area contributed by atoms with Crippen molar-refractivity contribution in [3.63, 3.8) is 0 Å². The van der Waals surface area contributed by atoms with Gasteiger partial charge in [0.15, 0.2) is 12.2 Å². The molecule has 0 aromatic heterocycles. The molecule has 0 aromatic carbocycles. The highest BCUT2D eigenvalue weighted by molar-refractivity contribution is 7.47. The van der Waals surface area contributed by atoms with Crippen molar-refractivity contribution in [1.82, 2.24) is 0 Å². The Hall–Kier alpha value is -1.94. The second kappa shape index (κ2) is 66.0. The first kappa shape index (κ1) is 91.1. The largest absolute Gasteiger partial charge is 0.472 e. The zero-order chi connectivity index (χ0) is 68.6. The summed E-state index contributed by atoms with van der Waals surface area (Å²) in [5.41, 5.74) is 0. The Morgan fingerprint density at radius 2 is 0.495 bits per heavy atom. The van der Waals surface area contributed by atoms with Crippen LogP contribution in [0, 0.1) is 11.8 Å². The van der Waals surface area contributed by atoms with E-state index in [1.807, 2.05) is 0 Å². The molecular weight excluding hydrogens is 1220 g/mol. The van der Waals surface area contributed by atoms with Gasteiger partial charge in [-0.3, -0.25) is 37.3 Å². The third-order valence-corrected chi connectivity index (χ3v) is 19.1. The number of carbonyl (C=O) groups excluding carboxylic acids is 4. The van der Waals surface area contributed by atoms with Crippen LogP contribution < -0.4 is 0 Å². The zero-order valence-corrected chi connectivity index (χ0v) is 62.3. The fourth-order valence-electron chi connectivity index (χ4n) is 11.3. The molecule has 0 amide bonds. The Morgan fingerprint density at radius 1 is 0.290 bits per heavy atom. The molecule has 2 unspecified atom stereocenters. The fraction of sp³-hybridized carbons (Fsp3) is 0.946. The molecular formula is C74H144O17P2. The van der Waals surface area contributed by atoms with Gasteiger partial charge in [-0.25, -0.2) is 9.13 Å².